The van der Waals surface area contributed by atoms with E-state index in [0.29, 0.717) is 5.16 Å². The van der Waals surface area contributed by atoms with Gasteiger partial charge in [0.25, 0.3) is 5.56 Å². The van der Waals surface area contributed by atoms with E-state index in [1.54, 1.807) is 6.07 Å². The Morgan fingerprint density at radius 2 is 2.40 bits per heavy atom. The molecule has 0 amide bonds. The summed E-state index contributed by atoms with van der Waals surface area (Å²) in [5, 5.41) is 0.670. The molecule has 5 heteroatoms. The minimum absolute atomic E-state index is 0.0828. The molecule has 0 unspecified atom stereocenters. The summed E-state index contributed by atoms with van der Waals surface area (Å²) in [4.78, 5) is 18.3. The van der Waals surface area contributed by atoms with Crippen LogP contribution in [0.2, 0.25) is 0 Å². The highest BCUT2D eigenvalue weighted by Crippen LogP contribution is 2.12. The van der Waals surface area contributed by atoms with Crippen molar-refractivity contribution in [3.63, 3.8) is 0 Å². The molecular weight excluding hydrogens is 210 g/mol. The van der Waals surface area contributed by atoms with Crippen molar-refractivity contribution in [2.45, 2.75) is 37.9 Å². The van der Waals surface area contributed by atoms with Gasteiger partial charge in [0.2, 0.25) is 0 Å². The van der Waals surface area contributed by atoms with Gasteiger partial charge in [-0.25, -0.2) is 4.98 Å². The van der Waals surface area contributed by atoms with Gasteiger partial charge in [-0.15, -0.1) is 0 Å². The maximum Gasteiger partial charge on any atom is 0.251 e. The molecule has 0 aromatic carbocycles. The van der Waals surface area contributed by atoms with Crippen LogP contribution in [0.1, 0.15) is 26.0 Å². The van der Waals surface area contributed by atoms with Gasteiger partial charge in [0.05, 0.1) is 0 Å². The number of rotatable bonds is 5. The largest absolute Gasteiger partial charge is 0.327 e. The number of hydrogen-bond donors (Lipinski definition) is 2. The van der Waals surface area contributed by atoms with E-state index < -0.39 is 0 Å². The Bertz CT molecular complexity index is 362. The highest BCUT2D eigenvalue weighted by Gasteiger charge is 2.02. The molecule has 1 heterocycles. The van der Waals surface area contributed by atoms with Crippen LogP contribution in [-0.4, -0.2) is 21.8 Å². The summed E-state index contributed by atoms with van der Waals surface area (Å²) in [6.45, 7) is 4.00. The first-order chi connectivity index (χ1) is 7.11. The summed E-state index contributed by atoms with van der Waals surface area (Å²) in [5.41, 5.74) is 6.41. The van der Waals surface area contributed by atoms with Crippen LogP contribution in [0.25, 0.3) is 0 Å². The average Bonchev–Trinajstić information content (AvgIpc) is 2.14. The van der Waals surface area contributed by atoms with Crippen LogP contribution in [0.4, 0.5) is 0 Å². The molecule has 0 aliphatic heterocycles. The summed E-state index contributed by atoms with van der Waals surface area (Å²) >= 11 is 1.49. The molecular formula is C10H17N3OS. The smallest absolute Gasteiger partial charge is 0.251 e. The molecule has 1 aromatic heterocycles. The van der Waals surface area contributed by atoms with Crippen LogP contribution in [-0.2, 0) is 6.42 Å². The lowest BCUT2D eigenvalue weighted by molar-refractivity contribution is 0.807. The molecule has 0 aliphatic carbocycles. The second-order valence-corrected chi connectivity index (χ2v) is 4.59. The van der Waals surface area contributed by atoms with E-state index in [1.807, 2.05) is 6.92 Å². The Morgan fingerprint density at radius 3 is 3.00 bits per heavy atom. The number of nitrogens with zero attached hydrogens (tertiary/aromatic N) is 1. The third kappa shape index (κ3) is 4.48. The van der Waals surface area contributed by atoms with Crippen molar-refractivity contribution in [1.29, 1.82) is 0 Å². The molecule has 0 saturated carbocycles. The van der Waals surface area contributed by atoms with Crippen molar-refractivity contribution < 1.29 is 0 Å². The van der Waals surface area contributed by atoms with Gasteiger partial charge in [-0.2, -0.15) is 0 Å². The van der Waals surface area contributed by atoms with Crippen LogP contribution in [0, 0.1) is 0 Å². The van der Waals surface area contributed by atoms with Gasteiger partial charge in [0.15, 0.2) is 5.16 Å². The highest BCUT2D eigenvalue weighted by atomic mass is 32.2. The van der Waals surface area contributed by atoms with Crippen LogP contribution in [0.3, 0.4) is 0 Å². The molecule has 1 rings (SSSR count). The number of aromatic amines is 1. The number of nitrogens with one attached hydrogen (secondary N) is 1. The first-order valence-corrected chi connectivity index (χ1v) is 6.09. The average molecular weight is 227 g/mol. The van der Waals surface area contributed by atoms with E-state index in [1.165, 1.54) is 11.8 Å². The zero-order valence-corrected chi connectivity index (χ0v) is 9.93. The van der Waals surface area contributed by atoms with Gasteiger partial charge >= 0.3 is 0 Å². The van der Waals surface area contributed by atoms with Crippen LogP contribution in [0.15, 0.2) is 16.0 Å². The molecule has 15 heavy (non-hydrogen) atoms. The summed E-state index contributed by atoms with van der Waals surface area (Å²) in [6.07, 6.45) is 1.84. The Balaban J connectivity index is 2.75. The summed E-state index contributed by atoms with van der Waals surface area (Å²) in [5.74, 6) is 0.762. The van der Waals surface area contributed by atoms with Crippen LogP contribution >= 0.6 is 11.8 Å². The Labute approximate surface area is 93.7 Å². The van der Waals surface area contributed by atoms with Gasteiger partial charge < -0.3 is 10.7 Å². The van der Waals surface area contributed by atoms with E-state index in [4.69, 9.17) is 5.73 Å². The minimum atomic E-state index is -0.0828. The van der Waals surface area contributed by atoms with Crippen molar-refractivity contribution in [3.05, 3.63) is 22.1 Å². The first-order valence-electron chi connectivity index (χ1n) is 5.10. The number of aromatic nitrogens is 2. The first kappa shape index (κ1) is 12.3. The number of nitrogens with two attached hydrogens (primary N) is 1. The molecule has 0 saturated heterocycles. The van der Waals surface area contributed by atoms with Crippen molar-refractivity contribution in [3.8, 4) is 0 Å². The van der Waals surface area contributed by atoms with Gasteiger partial charge in [0.1, 0.15) is 0 Å². The van der Waals surface area contributed by atoms with E-state index >= 15 is 0 Å². The van der Waals surface area contributed by atoms with Crippen molar-refractivity contribution >= 4 is 11.8 Å². The zero-order valence-electron chi connectivity index (χ0n) is 9.12. The molecule has 0 fully saturated rings. The molecule has 1 atom stereocenters. The normalized spacial score (nSPS) is 12.7. The lowest BCUT2D eigenvalue weighted by atomic mass is 10.2. The van der Waals surface area contributed by atoms with Gasteiger partial charge in [-0.3, -0.25) is 4.79 Å². The molecule has 0 aliphatic rings. The van der Waals surface area contributed by atoms with Crippen molar-refractivity contribution in [1.82, 2.24) is 9.97 Å². The Hall–Kier alpha value is -0.810. The van der Waals surface area contributed by atoms with Gasteiger partial charge in [0, 0.05) is 23.6 Å². The molecule has 0 spiro atoms. The van der Waals surface area contributed by atoms with Crippen molar-refractivity contribution in [2.75, 3.05) is 5.75 Å². The third-order valence-electron chi connectivity index (χ3n) is 1.76. The molecule has 0 bridgehead atoms. The maximum absolute atomic E-state index is 11.3. The summed E-state index contributed by atoms with van der Waals surface area (Å²) < 4.78 is 0. The van der Waals surface area contributed by atoms with E-state index in [9.17, 15) is 4.79 Å². The SMILES string of the molecule is CCCc1cc(=O)[nH]c(SC[C@H](C)N)n1. The summed E-state index contributed by atoms with van der Waals surface area (Å²) in [6, 6.07) is 1.66. The second kappa shape index (κ2) is 5.92. The topological polar surface area (TPSA) is 71.8 Å². The predicted octanol–water partition coefficient (Wildman–Crippen LogP) is 1.16. The second-order valence-electron chi connectivity index (χ2n) is 3.58. The maximum atomic E-state index is 11.3. The Kier molecular flexibility index (Phi) is 4.84. The molecule has 84 valence electrons. The fourth-order valence-corrected chi connectivity index (χ4v) is 1.92. The fraction of sp³-hybridized carbons (Fsp3) is 0.600. The summed E-state index contributed by atoms with van der Waals surface area (Å²) in [7, 11) is 0. The van der Waals surface area contributed by atoms with Gasteiger partial charge in [-0.1, -0.05) is 25.1 Å². The number of hydrogen-bond acceptors (Lipinski definition) is 4. The Morgan fingerprint density at radius 1 is 1.67 bits per heavy atom. The predicted molar refractivity (Wildman–Crippen MR) is 63.2 cm³/mol. The number of thioether (sulfide) groups is 1. The highest BCUT2D eigenvalue weighted by molar-refractivity contribution is 7.99. The van der Waals surface area contributed by atoms with Crippen LogP contribution in [0.5, 0.6) is 0 Å². The lowest BCUT2D eigenvalue weighted by Gasteiger charge is -2.05. The standard InChI is InChI=1S/C10H17N3OS/c1-3-4-8-5-9(14)13-10(12-8)15-6-7(2)11/h5,7H,3-4,6,11H2,1-2H3,(H,12,13,14)/t7-/m0/s1. The molecule has 0 radical (unpaired) electrons. The van der Waals surface area contributed by atoms with Crippen LogP contribution < -0.4 is 11.3 Å². The van der Waals surface area contributed by atoms with E-state index in [2.05, 4.69) is 16.9 Å². The monoisotopic (exact) mass is 227 g/mol. The van der Waals surface area contributed by atoms with E-state index in [-0.39, 0.29) is 11.6 Å². The van der Waals surface area contributed by atoms with Crippen molar-refractivity contribution in [2.24, 2.45) is 5.73 Å². The quantitative estimate of drug-likeness (QED) is 0.585. The zero-order chi connectivity index (χ0) is 11.3. The molecule has 3 N–H and O–H groups in total. The minimum Gasteiger partial charge on any atom is -0.327 e. The van der Waals surface area contributed by atoms with E-state index in [0.717, 1.165) is 24.3 Å². The molecule has 1 aromatic rings. The number of H-pyrrole nitrogens is 1. The fourth-order valence-electron chi connectivity index (χ4n) is 1.15. The lowest BCUT2D eigenvalue weighted by Crippen LogP contribution is -2.18. The number of aryl methyl sites for hydroxylation is 1. The van der Waals surface area contributed by atoms with Gasteiger partial charge in [-0.05, 0) is 13.3 Å². The molecule has 4 nitrogen and oxygen atoms in total. The third-order valence-corrected chi connectivity index (χ3v) is 2.92.